The molecule has 0 aromatic carbocycles. The lowest BCUT2D eigenvalue weighted by atomic mass is 10.1. The molecular weight excluding hydrogens is 204 g/mol. The Morgan fingerprint density at radius 3 is 2.56 bits per heavy atom. The third kappa shape index (κ3) is 2.35. The summed E-state index contributed by atoms with van der Waals surface area (Å²) < 4.78 is 5.21. The lowest BCUT2D eigenvalue weighted by Gasteiger charge is -2.24. The van der Waals surface area contributed by atoms with Crippen molar-refractivity contribution in [2.24, 2.45) is 11.7 Å². The van der Waals surface area contributed by atoms with Crippen LogP contribution in [0.4, 0.5) is 5.95 Å². The van der Waals surface area contributed by atoms with Crippen molar-refractivity contribution in [1.29, 1.82) is 0 Å². The van der Waals surface area contributed by atoms with Gasteiger partial charge in [0.05, 0.1) is 6.04 Å². The monoisotopic (exact) mass is 224 g/mol. The predicted octanol–water partition coefficient (Wildman–Crippen LogP) is 1.72. The zero-order chi connectivity index (χ0) is 11.5. The quantitative estimate of drug-likeness (QED) is 0.846. The minimum absolute atomic E-state index is 0.161. The largest absolute Gasteiger partial charge is 0.338 e. The molecule has 90 valence electrons. The Labute approximate surface area is 96.0 Å². The van der Waals surface area contributed by atoms with Crippen molar-refractivity contribution >= 4 is 5.95 Å². The molecule has 0 aliphatic carbocycles. The molecule has 1 aromatic rings. The number of nitrogens with two attached hydrogens (primary N) is 1. The molecule has 2 N–H and O–H groups in total. The van der Waals surface area contributed by atoms with Gasteiger partial charge in [0.15, 0.2) is 0 Å². The first-order chi connectivity index (χ1) is 7.68. The first-order valence-electron chi connectivity index (χ1n) is 6.02. The lowest BCUT2D eigenvalue weighted by molar-refractivity contribution is 0.324. The molecule has 16 heavy (non-hydrogen) atoms. The molecule has 1 aromatic heterocycles. The molecule has 5 nitrogen and oxygen atoms in total. The average Bonchev–Trinajstić information content (AvgIpc) is 2.78. The molecule has 1 aliphatic heterocycles. The van der Waals surface area contributed by atoms with E-state index in [2.05, 4.69) is 28.9 Å². The van der Waals surface area contributed by atoms with Gasteiger partial charge in [0.25, 0.3) is 5.95 Å². The van der Waals surface area contributed by atoms with Crippen LogP contribution in [-0.4, -0.2) is 23.2 Å². The van der Waals surface area contributed by atoms with Gasteiger partial charge in [-0.25, -0.2) is 0 Å². The third-order valence-corrected chi connectivity index (χ3v) is 3.07. The molecule has 0 unspecified atom stereocenters. The van der Waals surface area contributed by atoms with Crippen LogP contribution in [0, 0.1) is 5.92 Å². The second kappa shape index (κ2) is 4.82. The first kappa shape index (κ1) is 11.4. The van der Waals surface area contributed by atoms with E-state index in [1.165, 1.54) is 19.3 Å². The maximum Gasteiger partial charge on any atom is 0.266 e. The van der Waals surface area contributed by atoms with Crippen LogP contribution >= 0.6 is 0 Å². The summed E-state index contributed by atoms with van der Waals surface area (Å²) >= 11 is 0. The van der Waals surface area contributed by atoms with Gasteiger partial charge in [-0.3, -0.25) is 0 Å². The summed E-state index contributed by atoms with van der Waals surface area (Å²) in [6.45, 7) is 6.15. The van der Waals surface area contributed by atoms with Crippen LogP contribution < -0.4 is 10.6 Å². The van der Waals surface area contributed by atoms with Crippen molar-refractivity contribution in [3.8, 4) is 0 Å². The summed E-state index contributed by atoms with van der Waals surface area (Å²) in [7, 11) is 0. The Balaban J connectivity index is 2.06. The molecular formula is C11H20N4O. The van der Waals surface area contributed by atoms with Crippen molar-refractivity contribution in [3.05, 3.63) is 5.89 Å². The van der Waals surface area contributed by atoms with E-state index in [1.54, 1.807) is 0 Å². The zero-order valence-corrected chi connectivity index (χ0v) is 10.0. The van der Waals surface area contributed by atoms with E-state index < -0.39 is 0 Å². The summed E-state index contributed by atoms with van der Waals surface area (Å²) in [5.74, 6) is 1.57. The van der Waals surface area contributed by atoms with Gasteiger partial charge in [-0.1, -0.05) is 13.8 Å². The van der Waals surface area contributed by atoms with Crippen LogP contribution in [-0.2, 0) is 0 Å². The molecule has 0 bridgehead atoms. The van der Waals surface area contributed by atoms with Gasteiger partial charge in [-0.05, 0) is 30.3 Å². The molecule has 0 spiro atoms. The molecule has 5 heteroatoms. The topological polar surface area (TPSA) is 68.2 Å². The Hall–Kier alpha value is -1.10. The molecule has 0 amide bonds. The van der Waals surface area contributed by atoms with Gasteiger partial charge in [0, 0.05) is 13.1 Å². The van der Waals surface area contributed by atoms with Gasteiger partial charge < -0.3 is 15.2 Å². The highest BCUT2D eigenvalue weighted by atomic mass is 16.5. The van der Waals surface area contributed by atoms with Gasteiger partial charge in [-0.2, -0.15) is 4.98 Å². The van der Waals surface area contributed by atoms with Crippen molar-refractivity contribution < 1.29 is 4.52 Å². The van der Waals surface area contributed by atoms with Crippen molar-refractivity contribution in [3.63, 3.8) is 0 Å². The van der Waals surface area contributed by atoms with E-state index in [1.807, 2.05) is 0 Å². The van der Waals surface area contributed by atoms with E-state index in [4.69, 9.17) is 10.3 Å². The van der Waals surface area contributed by atoms with Gasteiger partial charge in [0.2, 0.25) is 5.89 Å². The highest BCUT2D eigenvalue weighted by Gasteiger charge is 2.21. The summed E-state index contributed by atoms with van der Waals surface area (Å²) in [4.78, 5) is 6.55. The minimum Gasteiger partial charge on any atom is -0.338 e. The molecule has 2 heterocycles. The fourth-order valence-electron chi connectivity index (χ4n) is 1.87. The van der Waals surface area contributed by atoms with Crippen molar-refractivity contribution in [2.75, 3.05) is 18.0 Å². The molecule has 0 radical (unpaired) electrons. The molecule has 1 fully saturated rings. The highest BCUT2D eigenvalue weighted by Crippen LogP contribution is 2.21. The van der Waals surface area contributed by atoms with E-state index >= 15 is 0 Å². The molecule has 0 saturated carbocycles. The Kier molecular flexibility index (Phi) is 3.43. The van der Waals surface area contributed by atoms with Crippen molar-refractivity contribution in [1.82, 2.24) is 10.1 Å². The third-order valence-electron chi connectivity index (χ3n) is 3.07. The number of hydrogen-bond acceptors (Lipinski definition) is 5. The smallest absolute Gasteiger partial charge is 0.266 e. The number of anilines is 1. The van der Waals surface area contributed by atoms with E-state index in [0.717, 1.165) is 13.1 Å². The number of hydrogen-bond donors (Lipinski definition) is 1. The molecule has 1 aliphatic rings. The summed E-state index contributed by atoms with van der Waals surface area (Å²) in [5.41, 5.74) is 5.97. The standard InChI is InChI=1S/C11H20N4O/c1-8(2)9(12)10-13-11(14-16-10)15-6-4-3-5-7-15/h8-9H,3-7,12H2,1-2H3/t9-/m1/s1. The first-order valence-corrected chi connectivity index (χ1v) is 6.02. The molecule has 2 rings (SSSR count). The second-order valence-electron chi connectivity index (χ2n) is 4.75. The normalized spacial score (nSPS) is 19.1. The predicted molar refractivity (Wildman–Crippen MR) is 62.1 cm³/mol. The lowest BCUT2D eigenvalue weighted by Crippen LogP contribution is -2.30. The minimum atomic E-state index is -0.161. The number of aromatic nitrogens is 2. The van der Waals surface area contributed by atoms with Crippen LogP contribution in [0.1, 0.15) is 45.0 Å². The van der Waals surface area contributed by atoms with E-state index in [0.29, 0.717) is 17.8 Å². The maximum absolute atomic E-state index is 5.97. The van der Waals surface area contributed by atoms with Gasteiger partial charge in [0.1, 0.15) is 0 Å². The highest BCUT2D eigenvalue weighted by molar-refractivity contribution is 5.28. The fourth-order valence-corrected chi connectivity index (χ4v) is 1.87. The van der Waals surface area contributed by atoms with E-state index in [-0.39, 0.29) is 6.04 Å². The molecule has 1 saturated heterocycles. The fraction of sp³-hybridized carbons (Fsp3) is 0.818. The van der Waals surface area contributed by atoms with Crippen LogP contribution in [0.25, 0.3) is 0 Å². The van der Waals surface area contributed by atoms with Gasteiger partial charge >= 0.3 is 0 Å². The SMILES string of the molecule is CC(C)[C@@H](N)c1nc(N2CCCCC2)no1. The van der Waals surface area contributed by atoms with Crippen LogP contribution in [0.15, 0.2) is 4.52 Å². The van der Waals surface area contributed by atoms with Crippen LogP contribution in [0.5, 0.6) is 0 Å². The summed E-state index contributed by atoms with van der Waals surface area (Å²) in [5, 5.41) is 4.00. The maximum atomic E-state index is 5.97. The zero-order valence-electron chi connectivity index (χ0n) is 10.0. The number of piperidine rings is 1. The number of rotatable bonds is 3. The summed E-state index contributed by atoms with van der Waals surface area (Å²) in [6, 6.07) is -0.161. The molecule has 1 atom stereocenters. The van der Waals surface area contributed by atoms with Crippen molar-refractivity contribution in [2.45, 2.75) is 39.2 Å². The Morgan fingerprint density at radius 2 is 1.94 bits per heavy atom. The van der Waals surface area contributed by atoms with E-state index in [9.17, 15) is 0 Å². The summed E-state index contributed by atoms with van der Waals surface area (Å²) in [6.07, 6.45) is 3.72. The average molecular weight is 224 g/mol. The van der Waals surface area contributed by atoms with Crippen LogP contribution in [0.3, 0.4) is 0 Å². The Bertz CT molecular complexity index is 330. The number of nitrogens with zero attached hydrogens (tertiary/aromatic N) is 3. The second-order valence-corrected chi connectivity index (χ2v) is 4.75. The van der Waals surface area contributed by atoms with Gasteiger partial charge in [-0.15, -0.1) is 0 Å². The Morgan fingerprint density at radius 1 is 1.25 bits per heavy atom. The van der Waals surface area contributed by atoms with Crippen LogP contribution in [0.2, 0.25) is 0 Å².